The summed E-state index contributed by atoms with van der Waals surface area (Å²) in [6.07, 6.45) is 8.32. The van der Waals surface area contributed by atoms with E-state index >= 15 is 0 Å². The van der Waals surface area contributed by atoms with Crippen molar-refractivity contribution < 1.29 is 0 Å². The van der Waals surface area contributed by atoms with Crippen LogP contribution in [0.5, 0.6) is 0 Å². The van der Waals surface area contributed by atoms with Gasteiger partial charge in [-0.25, -0.2) is 0 Å². The number of piperidine rings is 2. The van der Waals surface area contributed by atoms with Crippen molar-refractivity contribution in [3.63, 3.8) is 0 Å². The van der Waals surface area contributed by atoms with Gasteiger partial charge in [0.2, 0.25) is 0 Å². The second kappa shape index (κ2) is 6.58. The molecular weight excluding hydrogens is 232 g/mol. The molecule has 0 aromatic carbocycles. The van der Waals surface area contributed by atoms with E-state index in [0.29, 0.717) is 5.41 Å². The van der Waals surface area contributed by atoms with E-state index < -0.39 is 0 Å². The Balaban J connectivity index is 1.73. The number of nitrogens with one attached hydrogen (secondary N) is 2. The van der Waals surface area contributed by atoms with Gasteiger partial charge in [0, 0.05) is 12.1 Å². The molecule has 2 rings (SSSR count). The van der Waals surface area contributed by atoms with Crippen molar-refractivity contribution in [3.8, 4) is 0 Å². The van der Waals surface area contributed by atoms with Gasteiger partial charge in [0.05, 0.1) is 0 Å². The molecule has 2 heteroatoms. The molecule has 4 atom stereocenters. The highest BCUT2D eigenvalue weighted by Gasteiger charge is 2.31. The summed E-state index contributed by atoms with van der Waals surface area (Å²) in [6, 6.07) is 1.54. The van der Waals surface area contributed by atoms with Gasteiger partial charge in [-0.05, 0) is 62.4 Å². The smallest absolute Gasteiger partial charge is 0.00932 e. The van der Waals surface area contributed by atoms with Gasteiger partial charge in [-0.15, -0.1) is 0 Å². The first-order chi connectivity index (χ1) is 8.97. The molecule has 0 spiro atoms. The third kappa shape index (κ3) is 4.46. The topological polar surface area (TPSA) is 24.1 Å². The fraction of sp³-hybridized carbons (Fsp3) is 1.00. The second-order valence-corrected chi connectivity index (χ2v) is 8.01. The molecule has 0 aromatic heterocycles. The molecule has 2 N–H and O–H groups in total. The van der Waals surface area contributed by atoms with Crippen LogP contribution < -0.4 is 10.6 Å². The van der Waals surface area contributed by atoms with Crippen LogP contribution in [0.15, 0.2) is 0 Å². The lowest BCUT2D eigenvalue weighted by molar-refractivity contribution is 0.156. The first-order valence-electron chi connectivity index (χ1n) is 8.43. The molecule has 0 aliphatic carbocycles. The zero-order valence-corrected chi connectivity index (χ0v) is 13.5. The van der Waals surface area contributed by atoms with E-state index in [9.17, 15) is 0 Å². The molecule has 0 saturated carbocycles. The molecule has 2 saturated heterocycles. The maximum Gasteiger partial charge on any atom is 0.00932 e. The Morgan fingerprint density at radius 1 is 1.05 bits per heavy atom. The van der Waals surface area contributed by atoms with Gasteiger partial charge in [0.15, 0.2) is 0 Å². The van der Waals surface area contributed by atoms with Gasteiger partial charge < -0.3 is 10.6 Å². The van der Waals surface area contributed by atoms with E-state index in [1.165, 1.54) is 51.6 Å². The van der Waals surface area contributed by atoms with Gasteiger partial charge in [0.25, 0.3) is 0 Å². The summed E-state index contributed by atoms with van der Waals surface area (Å²) in [5, 5.41) is 7.53. The molecule has 0 amide bonds. The molecular formula is C17H34N2. The van der Waals surface area contributed by atoms with Crippen LogP contribution in [0.1, 0.15) is 66.2 Å². The molecule has 2 nitrogen and oxygen atoms in total. The Hall–Kier alpha value is -0.0800. The van der Waals surface area contributed by atoms with Crippen molar-refractivity contribution in [1.29, 1.82) is 0 Å². The standard InChI is InChI=1S/C17H34N2/c1-13(16-7-5-6-10-18-16)11-15-9-8-14(12-19-15)17(2,3)4/h13-16,18-19H,5-12H2,1-4H3. The van der Waals surface area contributed by atoms with E-state index in [1.54, 1.807) is 0 Å². The molecule has 0 aromatic rings. The highest BCUT2D eigenvalue weighted by Crippen LogP contribution is 2.33. The van der Waals surface area contributed by atoms with Crippen LogP contribution in [0.25, 0.3) is 0 Å². The first-order valence-corrected chi connectivity index (χ1v) is 8.43. The summed E-state index contributed by atoms with van der Waals surface area (Å²) in [6.45, 7) is 12.1. The lowest BCUT2D eigenvalue weighted by Crippen LogP contribution is -2.46. The number of hydrogen-bond acceptors (Lipinski definition) is 2. The summed E-state index contributed by atoms with van der Waals surface area (Å²) >= 11 is 0. The van der Waals surface area contributed by atoms with E-state index in [-0.39, 0.29) is 0 Å². The highest BCUT2D eigenvalue weighted by molar-refractivity contribution is 4.87. The van der Waals surface area contributed by atoms with Crippen molar-refractivity contribution in [2.24, 2.45) is 17.3 Å². The summed E-state index contributed by atoms with van der Waals surface area (Å²) < 4.78 is 0. The zero-order chi connectivity index (χ0) is 13.9. The average molecular weight is 266 g/mol. The van der Waals surface area contributed by atoms with Crippen molar-refractivity contribution >= 4 is 0 Å². The van der Waals surface area contributed by atoms with Crippen molar-refractivity contribution in [3.05, 3.63) is 0 Å². The van der Waals surface area contributed by atoms with Crippen molar-refractivity contribution in [2.45, 2.75) is 78.3 Å². The maximum atomic E-state index is 3.82. The fourth-order valence-electron chi connectivity index (χ4n) is 3.83. The van der Waals surface area contributed by atoms with E-state index in [0.717, 1.165) is 23.9 Å². The van der Waals surface area contributed by atoms with Crippen LogP contribution in [0, 0.1) is 17.3 Å². The predicted octanol–water partition coefficient (Wildman–Crippen LogP) is 3.57. The van der Waals surface area contributed by atoms with E-state index in [1.807, 2.05) is 0 Å². The van der Waals surface area contributed by atoms with Gasteiger partial charge in [-0.3, -0.25) is 0 Å². The third-order valence-electron chi connectivity index (χ3n) is 5.43. The Morgan fingerprint density at radius 3 is 2.37 bits per heavy atom. The first kappa shape index (κ1) is 15.3. The lowest BCUT2D eigenvalue weighted by Gasteiger charge is -2.39. The Kier molecular flexibility index (Phi) is 5.30. The zero-order valence-electron chi connectivity index (χ0n) is 13.5. The largest absolute Gasteiger partial charge is 0.314 e. The predicted molar refractivity (Wildman–Crippen MR) is 83.4 cm³/mol. The summed E-state index contributed by atoms with van der Waals surface area (Å²) in [5.74, 6) is 1.68. The summed E-state index contributed by atoms with van der Waals surface area (Å²) in [5.41, 5.74) is 0.467. The number of rotatable bonds is 3. The van der Waals surface area contributed by atoms with Crippen LogP contribution in [0.4, 0.5) is 0 Å². The molecule has 2 aliphatic heterocycles. The van der Waals surface area contributed by atoms with E-state index in [4.69, 9.17) is 0 Å². The van der Waals surface area contributed by atoms with Crippen LogP contribution in [-0.2, 0) is 0 Å². The normalized spacial score (nSPS) is 35.1. The minimum absolute atomic E-state index is 0.467. The van der Waals surface area contributed by atoms with Gasteiger partial charge >= 0.3 is 0 Å². The molecule has 0 bridgehead atoms. The van der Waals surface area contributed by atoms with Crippen LogP contribution >= 0.6 is 0 Å². The minimum atomic E-state index is 0.467. The van der Waals surface area contributed by atoms with E-state index in [2.05, 4.69) is 38.3 Å². The molecule has 2 aliphatic rings. The quantitative estimate of drug-likeness (QED) is 0.816. The van der Waals surface area contributed by atoms with Crippen LogP contribution in [0.3, 0.4) is 0 Å². The number of hydrogen-bond donors (Lipinski definition) is 2. The fourth-order valence-corrected chi connectivity index (χ4v) is 3.83. The second-order valence-electron chi connectivity index (χ2n) is 8.01. The average Bonchev–Trinajstić information content (AvgIpc) is 2.39. The SMILES string of the molecule is CC(CC1CCC(C(C)(C)C)CN1)C1CCCCN1. The molecule has 2 heterocycles. The lowest BCUT2D eigenvalue weighted by atomic mass is 9.74. The Bertz CT molecular complexity index is 255. The Labute approximate surface area is 120 Å². The van der Waals surface area contributed by atoms with Gasteiger partial charge in [0.1, 0.15) is 0 Å². The minimum Gasteiger partial charge on any atom is -0.314 e. The molecule has 112 valence electrons. The molecule has 2 fully saturated rings. The van der Waals surface area contributed by atoms with Crippen molar-refractivity contribution in [2.75, 3.05) is 13.1 Å². The Morgan fingerprint density at radius 2 is 1.84 bits per heavy atom. The summed E-state index contributed by atoms with van der Waals surface area (Å²) in [7, 11) is 0. The van der Waals surface area contributed by atoms with Crippen LogP contribution in [0.2, 0.25) is 0 Å². The highest BCUT2D eigenvalue weighted by atomic mass is 15.0. The molecule has 0 radical (unpaired) electrons. The van der Waals surface area contributed by atoms with Crippen LogP contribution in [-0.4, -0.2) is 25.2 Å². The van der Waals surface area contributed by atoms with Gasteiger partial charge in [-0.2, -0.15) is 0 Å². The van der Waals surface area contributed by atoms with Crippen molar-refractivity contribution in [1.82, 2.24) is 10.6 Å². The maximum absolute atomic E-state index is 3.82. The summed E-state index contributed by atoms with van der Waals surface area (Å²) in [4.78, 5) is 0. The van der Waals surface area contributed by atoms with Gasteiger partial charge in [-0.1, -0.05) is 34.1 Å². The monoisotopic (exact) mass is 266 g/mol. The molecule has 4 unspecified atom stereocenters. The third-order valence-corrected chi connectivity index (χ3v) is 5.43. The molecule has 19 heavy (non-hydrogen) atoms.